The number of halogens is 4. The lowest BCUT2D eigenvalue weighted by Gasteiger charge is -2.60. The van der Waals surface area contributed by atoms with Crippen molar-refractivity contribution in [3.8, 4) is 5.69 Å². The van der Waals surface area contributed by atoms with Gasteiger partial charge in [0.2, 0.25) is 0 Å². The number of hydrogen-bond acceptors (Lipinski definition) is 6. The van der Waals surface area contributed by atoms with Crippen molar-refractivity contribution >= 4 is 11.6 Å². The Morgan fingerprint density at radius 3 is 2.78 bits per heavy atom. The van der Waals surface area contributed by atoms with Crippen LogP contribution in [0.25, 0.3) is 5.69 Å². The highest BCUT2D eigenvalue weighted by Gasteiger charge is 2.55. The molecule has 0 amide bonds. The highest BCUT2D eigenvalue weighted by atomic mass is 35.5. The molecule has 4 aliphatic rings. The summed E-state index contributed by atoms with van der Waals surface area (Å²) in [5.41, 5.74) is 1.74. The monoisotopic (exact) mass is 534 g/mol. The molecule has 7 nitrogen and oxygen atoms in total. The Bertz CT molecular complexity index is 1230. The van der Waals surface area contributed by atoms with Gasteiger partial charge in [-0.05, 0) is 60.6 Å². The molecule has 1 spiro atoms. The van der Waals surface area contributed by atoms with Crippen LogP contribution in [0.15, 0.2) is 41.9 Å². The highest BCUT2D eigenvalue weighted by Crippen LogP contribution is 2.56. The summed E-state index contributed by atoms with van der Waals surface area (Å²) in [6.45, 7) is 4.64. The Hall–Kier alpha value is -2.40. The molecule has 198 valence electrons. The second-order valence-corrected chi connectivity index (χ2v) is 11.1. The molecule has 1 aromatic heterocycles. The van der Waals surface area contributed by atoms with E-state index >= 15 is 0 Å². The average Bonchev–Trinajstić information content (AvgIpc) is 3.14. The molecule has 1 unspecified atom stereocenters. The summed E-state index contributed by atoms with van der Waals surface area (Å²) < 4.78 is 47.4. The van der Waals surface area contributed by atoms with Crippen molar-refractivity contribution in [2.75, 3.05) is 33.4 Å². The SMILES string of the molecule is COCCCN1Cc2cc(Cl)ccc2-n2c(nnc2C2CC3(C2)CN(C2C=CC(F)=C(C(F)F)N2)C3)C1. The summed E-state index contributed by atoms with van der Waals surface area (Å²) >= 11 is 6.36. The first-order valence-electron chi connectivity index (χ1n) is 12.7. The Morgan fingerprint density at radius 1 is 1.22 bits per heavy atom. The smallest absolute Gasteiger partial charge is 0.280 e. The topological polar surface area (TPSA) is 58.5 Å². The minimum absolute atomic E-state index is 0.136. The van der Waals surface area contributed by atoms with Crippen LogP contribution in [-0.2, 0) is 17.8 Å². The molecule has 37 heavy (non-hydrogen) atoms. The van der Waals surface area contributed by atoms with E-state index < -0.39 is 24.1 Å². The number of benzene rings is 1. The molecule has 2 fully saturated rings. The van der Waals surface area contributed by atoms with Crippen molar-refractivity contribution in [3.63, 3.8) is 0 Å². The molecular formula is C26H30ClF3N6O. The summed E-state index contributed by atoms with van der Waals surface area (Å²) in [6.07, 6.45) is 2.36. The van der Waals surface area contributed by atoms with Gasteiger partial charge in [0.1, 0.15) is 17.3 Å². The molecule has 2 aromatic rings. The normalized spacial score (nSPS) is 23.5. The lowest BCUT2D eigenvalue weighted by Crippen LogP contribution is -2.66. The van der Waals surface area contributed by atoms with Crippen LogP contribution in [0.2, 0.25) is 5.02 Å². The number of fused-ring (bicyclic) bond motifs is 3. The molecule has 3 aliphatic heterocycles. The first kappa shape index (κ1) is 24.9. The molecule has 1 saturated carbocycles. The van der Waals surface area contributed by atoms with Gasteiger partial charge in [-0.25, -0.2) is 13.2 Å². The number of likely N-dealkylation sites (tertiary alicyclic amines) is 1. The minimum atomic E-state index is -2.85. The van der Waals surface area contributed by atoms with E-state index in [2.05, 4.69) is 35.9 Å². The molecule has 1 N–H and O–H groups in total. The number of ether oxygens (including phenoxy) is 1. The zero-order valence-corrected chi connectivity index (χ0v) is 21.4. The third-order valence-electron chi connectivity index (χ3n) is 8.02. The van der Waals surface area contributed by atoms with Gasteiger partial charge in [0.15, 0.2) is 5.82 Å². The van der Waals surface area contributed by atoms with Gasteiger partial charge in [0.25, 0.3) is 6.43 Å². The predicted molar refractivity (Wildman–Crippen MR) is 133 cm³/mol. The van der Waals surface area contributed by atoms with E-state index in [0.29, 0.717) is 18.2 Å². The maximum absolute atomic E-state index is 13.7. The van der Waals surface area contributed by atoms with Crippen molar-refractivity contribution in [2.24, 2.45) is 5.41 Å². The fourth-order valence-corrected chi connectivity index (χ4v) is 6.50. The van der Waals surface area contributed by atoms with Gasteiger partial charge in [0, 0.05) is 50.8 Å². The molecule has 1 atom stereocenters. The van der Waals surface area contributed by atoms with Crippen molar-refractivity contribution < 1.29 is 17.9 Å². The van der Waals surface area contributed by atoms with Crippen LogP contribution in [-0.4, -0.2) is 70.5 Å². The summed E-state index contributed by atoms with van der Waals surface area (Å²) in [4.78, 5) is 4.44. The maximum atomic E-state index is 13.7. The van der Waals surface area contributed by atoms with Gasteiger partial charge in [-0.2, -0.15) is 0 Å². The third kappa shape index (κ3) is 4.58. The van der Waals surface area contributed by atoms with Gasteiger partial charge < -0.3 is 10.1 Å². The number of aromatic nitrogens is 3. The van der Waals surface area contributed by atoms with Gasteiger partial charge in [-0.15, -0.1) is 10.2 Å². The molecule has 6 rings (SSSR count). The van der Waals surface area contributed by atoms with Crippen LogP contribution in [0.5, 0.6) is 0 Å². The largest absolute Gasteiger partial charge is 0.385 e. The predicted octanol–water partition coefficient (Wildman–Crippen LogP) is 4.38. The van der Waals surface area contributed by atoms with E-state index in [9.17, 15) is 13.2 Å². The van der Waals surface area contributed by atoms with Crippen LogP contribution in [0.1, 0.15) is 42.4 Å². The van der Waals surface area contributed by atoms with Crippen LogP contribution in [0.3, 0.4) is 0 Å². The average molecular weight is 535 g/mol. The Balaban J connectivity index is 1.16. The van der Waals surface area contributed by atoms with Gasteiger partial charge in [-0.3, -0.25) is 14.4 Å². The quantitative estimate of drug-likeness (QED) is 0.532. The highest BCUT2D eigenvalue weighted by molar-refractivity contribution is 6.30. The number of nitrogens with zero attached hydrogens (tertiary/aromatic N) is 5. The van der Waals surface area contributed by atoms with E-state index in [4.69, 9.17) is 16.3 Å². The lowest BCUT2D eigenvalue weighted by atomic mass is 9.57. The standard InChI is InChI=1S/C26H30ClF3N6O/c1-37-8-2-7-34-12-16-9-18(27)3-5-20(16)36-22(13-34)32-33-25(36)17-10-26(11-17)14-35(15-26)21-6-4-19(28)23(31-21)24(29)30/h3-6,9,17,21,24,31H,2,7-8,10-15H2,1H3. The van der Waals surface area contributed by atoms with Crippen LogP contribution in [0, 0.1) is 5.41 Å². The molecule has 4 heterocycles. The molecule has 1 saturated heterocycles. The number of allylic oxidation sites excluding steroid dienone is 3. The molecule has 1 aromatic carbocycles. The molecule has 0 bridgehead atoms. The number of methoxy groups -OCH3 is 1. The molecular weight excluding hydrogens is 505 g/mol. The van der Waals surface area contributed by atoms with E-state index in [0.717, 1.165) is 74.4 Å². The summed E-state index contributed by atoms with van der Waals surface area (Å²) in [6, 6.07) is 6.00. The Labute approximate surface area is 218 Å². The number of hydrogen-bond donors (Lipinski definition) is 1. The van der Waals surface area contributed by atoms with Crippen LogP contribution >= 0.6 is 11.6 Å². The number of dihydropyridines is 1. The van der Waals surface area contributed by atoms with Gasteiger partial charge in [-0.1, -0.05) is 11.6 Å². The summed E-state index contributed by atoms with van der Waals surface area (Å²) in [7, 11) is 1.72. The lowest BCUT2D eigenvalue weighted by molar-refractivity contribution is -0.0928. The van der Waals surface area contributed by atoms with Crippen molar-refractivity contribution in [1.29, 1.82) is 0 Å². The molecule has 11 heteroatoms. The maximum Gasteiger partial charge on any atom is 0.280 e. The van der Waals surface area contributed by atoms with Crippen molar-refractivity contribution in [1.82, 2.24) is 29.9 Å². The zero-order valence-electron chi connectivity index (χ0n) is 20.6. The minimum Gasteiger partial charge on any atom is -0.385 e. The summed E-state index contributed by atoms with van der Waals surface area (Å²) in [5.74, 6) is 1.28. The first-order chi connectivity index (χ1) is 17.9. The Kier molecular flexibility index (Phi) is 6.55. The van der Waals surface area contributed by atoms with Crippen molar-refractivity contribution in [2.45, 2.75) is 50.9 Å². The fourth-order valence-electron chi connectivity index (χ4n) is 6.31. The molecule has 0 radical (unpaired) electrons. The van der Waals surface area contributed by atoms with Crippen molar-refractivity contribution in [3.05, 3.63) is 64.1 Å². The molecule has 1 aliphatic carbocycles. The number of rotatable bonds is 7. The number of alkyl halides is 2. The number of nitrogens with one attached hydrogen (secondary N) is 1. The third-order valence-corrected chi connectivity index (χ3v) is 8.25. The van der Waals surface area contributed by atoms with E-state index in [1.165, 1.54) is 0 Å². The summed E-state index contributed by atoms with van der Waals surface area (Å²) in [5, 5.41) is 12.6. The Morgan fingerprint density at radius 2 is 2.03 bits per heavy atom. The van der Waals surface area contributed by atoms with Crippen LogP contribution < -0.4 is 5.32 Å². The zero-order chi connectivity index (χ0) is 25.7. The van der Waals surface area contributed by atoms with E-state index in [-0.39, 0.29) is 11.3 Å². The van der Waals surface area contributed by atoms with E-state index in [1.54, 1.807) is 13.2 Å². The second kappa shape index (κ2) is 9.72. The van der Waals surface area contributed by atoms with Gasteiger partial charge in [0.05, 0.1) is 18.4 Å². The first-order valence-corrected chi connectivity index (χ1v) is 13.0. The van der Waals surface area contributed by atoms with E-state index in [1.807, 2.05) is 12.1 Å². The second-order valence-electron chi connectivity index (χ2n) is 10.7. The fraction of sp³-hybridized carbons (Fsp3) is 0.538. The van der Waals surface area contributed by atoms with Gasteiger partial charge >= 0.3 is 0 Å². The van der Waals surface area contributed by atoms with Crippen LogP contribution in [0.4, 0.5) is 13.2 Å².